The van der Waals surface area contributed by atoms with Crippen LogP contribution in [-0.4, -0.2) is 92.7 Å². The number of hydrogen-bond donors (Lipinski definition) is 1. The molecule has 3 aliphatic heterocycles. The molecular weight excluding hydrogens is 500 g/mol. The molecular formula is C28H40N6O5. The summed E-state index contributed by atoms with van der Waals surface area (Å²) in [6.45, 7) is 11.6. The number of rotatable bonds is 4. The Morgan fingerprint density at radius 1 is 0.974 bits per heavy atom. The monoisotopic (exact) mass is 540 g/mol. The van der Waals surface area contributed by atoms with Crippen LogP contribution in [-0.2, 0) is 27.9 Å². The molecule has 11 nitrogen and oxygen atoms in total. The second-order valence-electron chi connectivity index (χ2n) is 12.0. The number of likely N-dealkylation sites (tertiary alicyclic amines) is 1. The van der Waals surface area contributed by atoms with E-state index in [4.69, 9.17) is 4.74 Å². The summed E-state index contributed by atoms with van der Waals surface area (Å²) in [4.78, 5) is 56.2. The first-order valence-corrected chi connectivity index (χ1v) is 14.0. The van der Waals surface area contributed by atoms with Crippen molar-refractivity contribution in [3.05, 3.63) is 34.2 Å². The number of aromatic nitrogens is 2. The van der Waals surface area contributed by atoms with Gasteiger partial charge in [-0.2, -0.15) is 0 Å². The number of hydrogen-bond acceptors (Lipinski definition) is 7. The standard InChI is InChI=1S/C28H40N6O5/c1-28(2,3)39-27(38)33-15-13-32(14-16-33)20-9-11-31(12-10-20)18-19-5-6-21-23(17-19)30(4)26(37)34(21)22-7-8-24(35)29-25(22)36/h5-6,17,20,22H,7-16,18H2,1-4H3,(H,29,35,36). The van der Waals surface area contributed by atoms with Crippen molar-refractivity contribution in [3.63, 3.8) is 0 Å². The van der Waals surface area contributed by atoms with Crippen LogP contribution in [0.5, 0.6) is 0 Å². The van der Waals surface area contributed by atoms with Crippen molar-refractivity contribution in [2.75, 3.05) is 39.3 Å². The molecule has 212 valence electrons. The van der Waals surface area contributed by atoms with Gasteiger partial charge in [-0.3, -0.25) is 33.8 Å². The van der Waals surface area contributed by atoms with E-state index < -0.39 is 17.6 Å². The summed E-state index contributed by atoms with van der Waals surface area (Å²) in [7, 11) is 1.73. The Labute approximate surface area is 228 Å². The number of amides is 3. The molecule has 0 radical (unpaired) electrons. The predicted octanol–water partition coefficient (Wildman–Crippen LogP) is 1.83. The van der Waals surface area contributed by atoms with Crippen molar-refractivity contribution in [3.8, 4) is 0 Å². The third kappa shape index (κ3) is 5.89. The second kappa shape index (κ2) is 10.8. The van der Waals surface area contributed by atoms with Crippen LogP contribution >= 0.6 is 0 Å². The van der Waals surface area contributed by atoms with Crippen LogP contribution < -0.4 is 11.0 Å². The van der Waals surface area contributed by atoms with Crippen LogP contribution in [0.15, 0.2) is 23.0 Å². The topological polar surface area (TPSA) is 109 Å². The number of imide groups is 1. The Morgan fingerprint density at radius 2 is 1.67 bits per heavy atom. The van der Waals surface area contributed by atoms with Crippen LogP contribution in [0.2, 0.25) is 0 Å². The zero-order valence-corrected chi connectivity index (χ0v) is 23.4. The summed E-state index contributed by atoms with van der Waals surface area (Å²) in [5.74, 6) is -0.710. The zero-order valence-electron chi connectivity index (χ0n) is 23.4. The highest BCUT2D eigenvalue weighted by Gasteiger charge is 2.32. The third-order valence-electron chi connectivity index (χ3n) is 8.12. The van der Waals surface area contributed by atoms with E-state index in [1.807, 2.05) is 43.9 Å². The fourth-order valence-corrected chi connectivity index (χ4v) is 6.03. The number of fused-ring (bicyclic) bond motifs is 1. The van der Waals surface area contributed by atoms with E-state index in [0.717, 1.165) is 56.6 Å². The van der Waals surface area contributed by atoms with Crippen molar-refractivity contribution in [1.29, 1.82) is 0 Å². The Bertz CT molecular complexity index is 1310. The molecule has 1 unspecified atom stereocenters. The van der Waals surface area contributed by atoms with Gasteiger partial charge >= 0.3 is 11.8 Å². The average Bonchev–Trinajstić information content (AvgIpc) is 3.13. The molecule has 0 aliphatic carbocycles. The van der Waals surface area contributed by atoms with Crippen molar-refractivity contribution in [2.45, 2.75) is 70.7 Å². The van der Waals surface area contributed by atoms with Crippen LogP contribution in [0.4, 0.5) is 4.79 Å². The molecule has 11 heteroatoms. The van der Waals surface area contributed by atoms with Gasteiger partial charge in [0.1, 0.15) is 11.6 Å². The van der Waals surface area contributed by atoms with E-state index in [1.165, 1.54) is 4.57 Å². The number of carbonyl (C=O) groups excluding carboxylic acids is 3. The highest BCUT2D eigenvalue weighted by Crippen LogP contribution is 2.25. The summed E-state index contributed by atoms with van der Waals surface area (Å²) in [6, 6.07) is 5.85. The lowest BCUT2D eigenvalue weighted by molar-refractivity contribution is -0.135. The minimum absolute atomic E-state index is 0.223. The number of nitrogens with zero attached hydrogens (tertiary/aromatic N) is 5. The number of piperidine rings is 2. The lowest BCUT2D eigenvalue weighted by atomic mass is 10.0. The van der Waals surface area contributed by atoms with Crippen LogP contribution in [0.1, 0.15) is 58.1 Å². The van der Waals surface area contributed by atoms with Gasteiger partial charge in [-0.1, -0.05) is 6.07 Å². The largest absolute Gasteiger partial charge is 0.444 e. The molecule has 1 N–H and O–H groups in total. The quantitative estimate of drug-likeness (QED) is 0.590. The predicted molar refractivity (Wildman–Crippen MR) is 146 cm³/mol. The van der Waals surface area contributed by atoms with Crippen LogP contribution in [0.3, 0.4) is 0 Å². The van der Waals surface area contributed by atoms with Gasteiger partial charge in [0.05, 0.1) is 11.0 Å². The van der Waals surface area contributed by atoms with Crippen molar-refractivity contribution < 1.29 is 19.1 Å². The summed E-state index contributed by atoms with van der Waals surface area (Å²) in [5, 5.41) is 2.36. The van der Waals surface area contributed by atoms with E-state index in [9.17, 15) is 19.2 Å². The highest BCUT2D eigenvalue weighted by molar-refractivity contribution is 6.00. The van der Waals surface area contributed by atoms with Gasteiger partial charge in [0.2, 0.25) is 11.8 Å². The van der Waals surface area contributed by atoms with Gasteiger partial charge in [-0.15, -0.1) is 0 Å². The molecule has 3 aliphatic rings. The van der Waals surface area contributed by atoms with E-state index in [0.29, 0.717) is 31.1 Å². The van der Waals surface area contributed by atoms with Gasteiger partial charge < -0.3 is 9.64 Å². The van der Waals surface area contributed by atoms with Crippen LogP contribution in [0.25, 0.3) is 11.0 Å². The normalized spacial score (nSPS) is 22.4. The number of piperazine rings is 1. The van der Waals surface area contributed by atoms with E-state index in [2.05, 4.69) is 15.1 Å². The molecule has 0 saturated carbocycles. The lowest BCUT2D eigenvalue weighted by Crippen LogP contribution is -2.54. The average molecular weight is 541 g/mol. The summed E-state index contributed by atoms with van der Waals surface area (Å²) >= 11 is 0. The Kier molecular flexibility index (Phi) is 7.56. The first-order valence-electron chi connectivity index (χ1n) is 14.0. The first-order chi connectivity index (χ1) is 18.5. The van der Waals surface area contributed by atoms with Crippen molar-refractivity contribution in [1.82, 2.24) is 29.2 Å². The molecule has 1 atom stereocenters. The van der Waals surface area contributed by atoms with Gasteiger partial charge in [0, 0.05) is 52.2 Å². The zero-order chi connectivity index (χ0) is 27.9. The van der Waals surface area contributed by atoms with Gasteiger partial charge in [0.15, 0.2) is 0 Å². The van der Waals surface area contributed by atoms with Gasteiger partial charge in [-0.25, -0.2) is 9.59 Å². The number of benzene rings is 1. The second-order valence-corrected chi connectivity index (χ2v) is 12.0. The maximum absolute atomic E-state index is 13.0. The molecule has 1 aromatic carbocycles. The minimum Gasteiger partial charge on any atom is -0.444 e. The van der Waals surface area contributed by atoms with E-state index in [-0.39, 0.29) is 24.1 Å². The fraction of sp³-hybridized carbons (Fsp3) is 0.643. The van der Waals surface area contributed by atoms with Gasteiger partial charge in [0.25, 0.3) is 0 Å². The summed E-state index contributed by atoms with van der Waals surface area (Å²) in [6.07, 6.45) is 2.50. The molecule has 0 bridgehead atoms. The smallest absolute Gasteiger partial charge is 0.410 e. The maximum atomic E-state index is 13.0. The molecule has 0 spiro atoms. The van der Waals surface area contributed by atoms with E-state index in [1.54, 1.807) is 11.6 Å². The highest BCUT2D eigenvalue weighted by atomic mass is 16.6. The molecule has 1 aromatic heterocycles. The molecule has 4 heterocycles. The van der Waals surface area contributed by atoms with Gasteiger partial charge in [-0.05, 0) is 70.8 Å². The number of aryl methyl sites for hydroxylation is 1. The number of ether oxygens (including phenoxy) is 1. The first kappa shape index (κ1) is 27.4. The number of carbonyl (C=O) groups is 3. The minimum atomic E-state index is -0.672. The Morgan fingerprint density at radius 3 is 2.31 bits per heavy atom. The molecule has 39 heavy (non-hydrogen) atoms. The van der Waals surface area contributed by atoms with Crippen molar-refractivity contribution in [2.24, 2.45) is 7.05 Å². The maximum Gasteiger partial charge on any atom is 0.410 e. The molecule has 5 rings (SSSR count). The lowest BCUT2D eigenvalue weighted by Gasteiger charge is -2.42. The third-order valence-corrected chi connectivity index (χ3v) is 8.12. The molecule has 3 amide bonds. The molecule has 3 fully saturated rings. The Balaban J connectivity index is 1.17. The van der Waals surface area contributed by atoms with Crippen molar-refractivity contribution >= 4 is 28.9 Å². The Hall–Kier alpha value is -3.18. The molecule has 3 saturated heterocycles. The molecule has 2 aromatic rings. The number of imidazole rings is 1. The van der Waals surface area contributed by atoms with Crippen LogP contribution in [0, 0.1) is 0 Å². The summed E-state index contributed by atoms with van der Waals surface area (Å²) < 4.78 is 8.63. The fourth-order valence-electron chi connectivity index (χ4n) is 6.03. The SMILES string of the molecule is Cn1c(=O)n(C2CCC(=O)NC2=O)c2ccc(CN3CCC(N4CCN(C(=O)OC(C)(C)C)CC4)CC3)cc21. The summed E-state index contributed by atoms with van der Waals surface area (Å²) in [5.41, 5.74) is 1.91. The number of nitrogens with one attached hydrogen (secondary N) is 1. The van der Waals surface area contributed by atoms with E-state index >= 15 is 0 Å².